The Hall–Kier alpha value is 0.170. The van der Waals surface area contributed by atoms with Crippen LogP contribution in [0.2, 0.25) is 0 Å². The van der Waals surface area contributed by atoms with Gasteiger partial charge in [-0.05, 0) is 0 Å². The van der Waals surface area contributed by atoms with Crippen molar-refractivity contribution in [1.29, 1.82) is 0 Å². The second-order valence-corrected chi connectivity index (χ2v) is 3.57. The Morgan fingerprint density at radius 2 is 2.27 bits per heavy atom. The minimum absolute atomic E-state index is 0.0932. The number of ether oxygens (including phenoxy) is 1. The first-order valence-corrected chi connectivity index (χ1v) is 4.50. The lowest BCUT2D eigenvalue weighted by atomic mass is 10.1. The Balaban J connectivity index is 1.82. The lowest BCUT2D eigenvalue weighted by Crippen LogP contribution is -2.60. The third-order valence-electron chi connectivity index (χ3n) is 2.33. The number of nitrogens with zero attached hydrogens (tertiary/aromatic N) is 1. The van der Waals surface area contributed by atoms with Crippen LogP contribution in [0.25, 0.3) is 0 Å². The SMILES string of the molecule is ClC1CN(C2CNC2)CCO1. The normalized spacial score (nSPS) is 35.2. The van der Waals surface area contributed by atoms with E-state index in [1.165, 1.54) is 0 Å². The second kappa shape index (κ2) is 3.27. The van der Waals surface area contributed by atoms with Crippen LogP contribution in [0, 0.1) is 0 Å². The maximum Gasteiger partial charge on any atom is 0.143 e. The highest BCUT2D eigenvalue weighted by molar-refractivity contribution is 6.19. The molecular weight excluding hydrogens is 164 g/mol. The van der Waals surface area contributed by atoms with E-state index >= 15 is 0 Å². The summed E-state index contributed by atoms with van der Waals surface area (Å²) in [5.74, 6) is 0. The van der Waals surface area contributed by atoms with E-state index in [9.17, 15) is 0 Å². The molecule has 2 saturated heterocycles. The molecule has 0 spiro atoms. The van der Waals surface area contributed by atoms with Gasteiger partial charge in [-0.1, -0.05) is 11.6 Å². The Morgan fingerprint density at radius 1 is 1.45 bits per heavy atom. The molecule has 0 aliphatic carbocycles. The fraction of sp³-hybridized carbons (Fsp3) is 1.00. The standard InChI is InChI=1S/C7H13ClN2O/c8-7-5-10(1-2-11-7)6-3-9-4-6/h6-7,9H,1-5H2. The Kier molecular flexibility index (Phi) is 2.32. The summed E-state index contributed by atoms with van der Waals surface area (Å²) in [6.45, 7) is 4.93. The molecule has 0 saturated carbocycles. The molecule has 1 N–H and O–H groups in total. The zero-order valence-electron chi connectivity index (χ0n) is 6.42. The Bertz CT molecular complexity index is 140. The monoisotopic (exact) mass is 176 g/mol. The molecule has 0 bridgehead atoms. The number of morpholine rings is 1. The zero-order valence-corrected chi connectivity index (χ0v) is 7.18. The summed E-state index contributed by atoms with van der Waals surface area (Å²) in [5, 5.41) is 3.25. The maximum atomic E-state index is 5.85. The van der Waals surface area contributed by atoms with Gasteiger partial charge in [-0.2, -0.15) is 0 Å². The quantitative estimate of drug-likeness (QED) is 0.563. The highest BCUT2D eigenvalue weighted by atomic mass is 35.5. The van der Waals surface area contributed by atoms with Crippen molar-refractivity contribution in [3.8, 4) is 0 Å². The number of hydrogen-bond donors (Lipinski definition) is 1. The van der Waals surface area contributed by atoms with Gasteiger partial charge < -0.3 is 10.1 Å². The molecule has 2 fully saturated rings. The molecule has 0 aromatic carbocycles. The van der Waals surface area contributed by atoms with Crippen molar-refractivity contribution < 1.29 is 4.74 Å². The van der Waals surface area contributed by atoms with Crippen LogP contribution in [0.3, 0.4) is 0 Å². The van der Waals surface area contributed by atoms with Crippen molar-refractivity contribution in [1.82, 2.24) is 10.2 Å². The van der Waals surface area contributed by atoms with E-state index in [2.05, 4.69) is 10.2 Å². The van der Waals surface area contributed by atoms with Crippen molar-refractivity contribution in [3.05, 3.63) is 0 Å². The fourth-order valence-corrected chi connectivity index (χ4v) is 1.76. The second-order valence-electron chi connectivity index (χ2n) is 3.09. The molecule has 2 aliphatic rings. The first-order valence-electron chi connectivity index (χ1n) is 4.07. The third-order valence-corrected chi connectivity index (χ3v) is 2.60. The van der Waals surface area contributed by atoms with E-state index in [1.54, 1.807) is 0 Å². The number of nitrogens with one attached hydrogen (secondary N) is 1. The molecule has 1 unspecified atom stereocenters. The predicted octanol–water partition coefficient (Wildman–Crippen LogP) is -0.145. The third kappa shape index (κ3) is 1.67. The van der Waals surface area contributed by atoms with Gasteiger partial charge in [-0.3, -0.25) is 4.90 Å². The van der Waals surface area contributed by atoms with E-state index < -0.39 is 0 Å². The van der Waals surface area contributed by atoms with Gasteiger partial charge in [-0.15, -0.1) is 0 Å². The summed E-state index contributed by atoms with van der Waals surface area (Å²) in [5.41, 5.74) is -0.0932. The van der Waals surface area contributed by atoms with Crippen molar-refractivity contribution >= 4 is 11.6 Å². The van der Waals surface area contributed by atoms with Gasteiger partial charge in [0.05, 0.1) is 6.61 Å². The van der Waals surface area contributed by atoms with Gasteiger partial charge in [0, 0.05) is 32.2 Å². The maximum absolute atomic E-state index is 5.85. The van der Waals surface area contributed by atoms with Crippen LogP contribution in [0.4, 0.5) is 0 Å². The van der Waals surface area contributed by atoms with Crippen LogP contribution in [-0.4, -0.2) is 49.3 Å². The lowest BCUT2D eigenvalue weighted by Gasteiger charge is -2.41. The van der Waals surface area contributed by atoms with Crippen LogP contribution < -0.4 is 5.32 Å². The number of halogens is 1. The van der Waals surface area contributed by atoms with Gasteiger partial charge in [0.25, 0.3) is 0 Å². The van der Waals surface area contributed by atoms with E-state index in [4.69, 9.17) is 16.3 Å². The first-order chi connectivity index (χ1) is 5.36. The lowest BCUT2D eigenvalue weighted by molar-refractivity contribution is -0.0145. The molecule has 1 atom stereocenters. The van der Waals surface area contributed by atoms with Gasteiger partial charge in [0.15, 0.2) is 0 Å². The van der Waals surface area contributed by atoms with Crippen LogP contribution in [0.5, 0.6) is 0 Å². The van der Waals surface area contributed by atoms with Gasteiger partial charge >= 0.3 is 0 Å². The summed E-state index contributed by atoms with van der Waals surface area (Å²) in [6.07, 6.45) is 0. The Labute approximate surface area is 71.6 Å². The molecule has 4 heteroatoms. The molecular formula is C7H13ClN2O. The molecule has 0 amide bonds. The van der Waals surface area contributed by atoms with Crippen molar-refractivity contribution in [2.75, 3.05) is 32.8 Å². The topological polar surface area (TPSA) is 24.5 Å². The molecule has 2 rings (SSSR count). The first kappa shape index (κ1) is 7.80. The van der Waals surface area contributed by atoms with Crippen molar-refractivity contribution in [2.45, 2.75) is 11.6 Å². The molecule has 3 nitrogen and oxygen atoms in total. The van der Waals surface area contributed by atoms with Crippen LogP contribution >= 0.6 is 11.6 Å². The van der Waals surface area contributed by atoms with Gasteiger partial charge in [0.1, 0.15) is 5.56 Å². The zero-order chi connectivity index (χ0) is 7.68. The number of alkyl halides is 1. The summed E-state index contributed by atoms with van der Waals surface area (Å²) in [7, 11) is 0. The number of hydrogen-bond acceptors (Lipinski definition) is 3. The summed E-state index contributed by atoms with van der Waals surface area (Å²) in [6, 6.07) is 0.708. The molecule has 2 heterocycles. The van der Waals surface area contributed by atoms with Crippen LogP contribution in [0.15, 0.2) is 0 Å². The van der Waals surface area contributed by atoms with E-state index in [1.807, 2.05) is 0 Å². The molecule has 11 heavy (non-hydrogen) atoms. The minimum atomic E-state index is -0.0932. The van der Waals surface area contributed by atoms with Gasteiger partial charge in [0.2, 0.25) is 0 Å². The average Bonchev–Trinajstić information content (AvgIpc) is 1.83. The smallest absolute Gasteiger partial charge is 0.143 e. The van der Waals surface area contributed by atoms with Gasteiger partial charge in [-0.25, -0.2) is 0 Å². The molecule has 0 aromatic heterocycles. The predicted molar refractivity (Wildman–Crippen MR) is 43.8 cm³/mol. The highest BCUT2D eigenvalue weighted by Gasteiger charge is 2.28. The van der Waals surface area contributed by atoms with Crippen LogP contribution in [-0.2, 0) is 4.74 Å². The van der Waals surface area contributed by atoms with Crippen LogP contribution in [0.1, 0.15) is 0 Å². The minimum Gasteiger partial charge on any atom is -0.360 e. The van der Waals surface area contributed by atoms with Crippen molar-refractivity contribution in [3.63, 3.8) is 0 Å². The molecule has 0 radical (unpaired) electrons. The Morgan fingerprint density at radius 3 is 2.82 bits per heavy atom. The van der Waals surface area contributed by atoms with Crippen molar-refractivity contribution in [2.24, 2.45) is 0 Å². The number of rotatable bonds is 1. The molecule has 64 valence electrons. The largest absolute Gasteiger partial charge is 0.360 e. The summed E-state index contributed by atoms with van der Waals surface area (Å²) >= 11 is 5.85. The molecule has 2 aliphatic heterocycles. The highest BCUT2D eigenvalue weighted by Crippen LogP contribution is 2.13. The molecule has 0 aromatic rings. The van der Waals surface area contributed by atoms with E-state index in [0.717, 1.165) is 32.8 Å². The summed E-state index contributed by atoms with van der Waals surface area (Å²) < 4.78 is 5.23. The summed E-state index contributed by atoms with van der Waals surface area (Å²) in [4.78, 5) is 2.40. The fourth-order valence-electron chi connectivity index (χ4n) is 1.49. The van der Waals surface area contributed by atoms with E-state index in [0.29, 0.717) is 6.04 Å². The average molecular weight is 177 g/mol. The van der Waals surface area contributed by atoms with E-state index in [-0.39, 0.29) is 5.56 Å².